The number of piperidine rings is 2. The molecule has 8 atom stereocenters. The largest absolute Gasteiger partial charge is 0.465 e. The number of ether oxygens (including phenoxy) is 2. The first-order valence-corrected chi connectivity index (χ1v) is 21.9. The molecule has 10 rings (SSSR count). The number of aromatic amines is 2. The van der Waals surface area contributed by atoms with Crippen LogP contribution in [-0.2, 0) is 19.1 Å². The van der Waals surface area contributed by atoms with Gasteiger partial charge in [-0.3, -0.25) is 9.59 Å². The maximum absolute atomic E-state index is 14.1. The normalized spacial score (nSPS) is 25.0. The predicted octanol–water partition coefficient (Wildman–Crippen LogP) is 7.05. The summed E-state index contributed by atoms with van der Waals surface area (Å²) in [5.74, 6) is 1.86. The van der Waals surface area contributed by atoms with Gasteiger partial charge in [0, 0.05) is 30.9 Å². The van der Waals surface area contributed by atoms with Gasteiger partial charge in [-0.2, -0.15) is 0 Å². The number of carboxylic acid groups (broad SMARTS) is 1. The van der Waals surface area contributed by atoms with Gasteiger partial charge in [-0.15, -0.1) is 0 Å². The molecular formula is C47H52N8O7. The van der Waals surface area contributed by atoms with Gasteiger partial charge in [-0.1, -0.05) is 62.4 Å². The molecule has 2 aliphatic carbocycles. The molecule has 5 N–H and O–H groups in total. The number of H-pyrrole nitrogens is 2. The van der Waals surface area contributed by atoms with Crippen molar-refractivity contribution in [2.75, 3.05) is 20.3 Å². The molecule has 2 aromatic heterocycles. The van der Waals surface area contributed by atoms with E-state index in [0.29, 0.717) is 37.9 Å². The fourth-order valence-electron chi connectivity index (χ4n) is 10.4. The SMILES string of the molecule is COC(=O)NC(C(=O)N1[C@@H]2C[C@@H]2C[C@H]1c1ncc(-c2ccc(-c3ccc4cc(-c5cnc([C@@H]6C[C@H]7C[C@H]7N6C(=O)C(NC(=O)O)C6CCOCC6)[nH]5)ccc4c3)cc2)[nH]1)C(C)C. The zero-order valence-corrected chi connectivity index (χ0v) is 35.0. The molecule has 4 amide bonds. The molecule has 15 nitrogen and oxygen atoms in total. The minimum atomic E-state index is -1.19. The Morgan fingerprint density at radius 1 is 0.726 bits per heavy atom. The number of hydrogen-bond donors (Lipinski definition) is 5. The predicted molar refractivity (Wildman–Crippen MR) is 229 cm³/mol. The van der Waals surface area contributed by atoms with Crippen LogP contribution in [0.4, 0.5) is 9.59 Å². The molecule has 0 radical (unpaired) electrons. The summed E-state index contributed by atoms with van der Waals surface area (Å²) in [6, 6.07) is 19.5. The molecule has 62 heavy (non-hydrogen) atoms. The zero-order valence-electron chi connectivity index (χ0n) is 35.0. The standard InChI is InChI=1S/C47H52N8O7/c1-24(2)40(53-47(60)61-3)44(56)54-36-18-32(36)20-38(54)42-48-22-34(50-42)26-6-4-25(5-7-26)28-8-9-30-17-31(11-10-29(30)16-28)35-23-49-43(51-35)39-21-33-19-37(33)55(39)45(57)41(52-46(58)59)27-12-14-62-15-13-27/h4-11,16-17,22-24,27,32-33,36-41,52H,12-15,18-21H2,1-3H3,(H,48,50)(H,49,51)(H,53,60)(H,58,59)/t32-,33-,36-,37-,38+,39+,40?,41?/m1/s1. The van der Waals surface area contributed by atoms with Gasteiger partial charge in [-0.25, -0.2) is 19.6 Å². The van der Waals surface area contributed by atoms with E-state index in [1.807, 2.05) is 36.0 Å². The van der Waals surface area contributed by atoms with Gasteiger partial charge in [0.25, 0.3) is 0 Å². The van der Waals surface area contributed by atoms with Crippen molar-refractivity contribution in [2.24, 2.45) is 23.7 Å². The third-order valence-corrected chi connectivity index (χ3v) is 13.9. The van der Waals surface area contributed by atoms with E-state index in [2.05, 4.69) is 81.3 Å². The van der Waals surface area contributed by atoms with Crippen molar-refractivity contribution in [3.63, 3.8) is 0 Å². The lowest BCUT2D eigenvalue weighted by Crippen LogP contribution is -2.53. The molecular weight excluding hydrogens is 789 g/mol. The second kappa shape index (κ2) is 15.9. The van der Waals surface area contributed by atoms with Crippen molar-refractivity contribution < 1.29 is 33.8 Å². The van der Waals surface area contributed by atoms with Gasteiger partial charge >= 0.3 is 12.2 Å². The van der Waals surface area contributed by atoms with Crippen molar-refractivity contribution in [3.05, 3.63) is 84.7 Å². The molecule has 15 heteroatoms. The van der Waals surface area contributed by atoms with Crippen LogP contribution in [0.2, 0.25) is 0 Å². The Labute approximate surface area is 359 Å². The highest BCUT2D eigenvalue weighted by atomic mass is 16.5. The van der Waals surface area contributed by atoms with Crippen LogP contribution in [0.15, 0.2) is 73.1 Å². The quantitative estimate of drug-likeness (QED) is 0.0926. The number of amides is 4. The van der Waals surface area contributed by atoms with Crippen LogP contribution in [0.3, 0.4) is 0 Å². The summed E-state index contributed by atoms with van der Waals surface area (Å²) < 4.78 is 10.3. The molecule has 5 aromatic rings. The topological polar surface area (TPSA) is 195 Å². The number of carbonyl (C=O) groups is 4. The van der Waals surface area contributed by atoms with E-state index in [1.54, 1.807) is 0 Å². The molecule has 3 saturated heterocycles. The Balaban J connectivity index is 0.820. The Morgan fingerprint density at radius 3 is 1.84 bits per heavy atom. The summed E-state index contributed by atoms with van der Waals surface area (Å²) in [4.78, 5) is 72.1. The first-order chi connectivity index (χ1) is 30.0. The average molecular weight is 841 g/mol. The number of aromatic nitrogens is 4. The summed E-state index contributed by atoms with van der Waals surface area (Å²) in [5.41, 5.74) is 5.88. The van der Waals surface area contributed by atoms with E-state index in [-0.39, 0.29) is 47.8 Å². The van der Waals surface area contributed by atoms with E-state index in [9.17, 15) is 24.3 Å². The molecule has 5 fully saturated rings. The highest BCUT2D eigenvalue weighted by Gasteiger charge is 2.57. The molecule has 0 spiro atoms. The Kier molecular flexibility index (Phi) is 10.2. The molecule has 0 bridgehead atoms. The van der Waals surface area contributed by atoms with E-state index in [1.165, 1.54) is 7.11 Å². The number of benzene rings is 3. The van der Waals surface area contributed by atoms with Crippen LogP contribution in [0.1, 0.15) is 76.1 Å². The van der Waals surface area contributed by atoms with Gasteiger partial charge in [0.2, 0.25) is 11.8 Å². The number of nitrogens with one attached hydrogen (secondary N) is 4. The lowest BCUT2D eigenvalue weighted by Gasteiger charge is -2.35. The van der Waals surface area contributed by atoms with Crippen LogP contribution in [0.5, 0.6) is 0 Å². The summed E-state index contributed by atoms with van der Waals surface area (Å²) in [6.07, 6.45) is 6.70. The third kappa shape index (κ3) is 7.45. The Hall–Kier alpha value is -6.22. The fraction of sp³-hybridized carbons (Fsp3) is 0.447. The van der Waals surface area contributed by atoms with Crippen molar-refractivity contribution in [1.29, 1.82) is 0 Å². The van der Waals surface area contributed by atoms with Gasteiger partial charge < -0.3 is 45.0 Å². The van der Waals surface area contributed by atoms with E-state index in [0.717, 1.165) is 81.7 Å². The summed E-state index contributed by atoms with van der Waals surface area (Å²) in [5, 5.41) is 17.1. The molecule has 3 aromatic carbocycles. The van der Waals surface area contributed by atoms with Crippen molar-refractivity contribution >= 4 is 34.8 Å². The van der Waals surface area contributed by atoms with Crippen LogP contribution in [0.25, 0.3) is 44.4 Å². The summed E-state index contributed by atoms with van der Waals surface area (Å²) in [7, 11) is 1.30. The summed E-state index contributed by atoms with van der Waals surface area (Å²) >= 11 is 0. The van der Waals surface area contributed by atoms with Gasteiger partial charge in [0.05, 0.1) is 43.0 Å². The first-order valence-electron chi connectivity index (χ1n) is 21.9. The highest BCUT2D eigenvalue weighted by molar-refractivity contribution is 5.91. The smallest absolute Gasteiger partial charge is 0.407 e. The third-order valence-electron chi connectivity index (χ3n) is 13.9. The van der Waals surface area contributed by atoms with E-state index in [4.69, 9.17) is 19.4 Å². The Bertz CT molecular complexity index is 2530. The van der Waals surface area contributed by atoms with Crippen molar-refractivity contribution in [1.82, 2.24) is 40.4 Å². The van der Waals surface area contributed by atoms with Crippen LogP contribution < -0.4 is 10.6 Å². The molecule has 5 aliphatic rings. The van der Waals surface area contributed by atoms with Gasteiger partial charge in [0.1, 0.15) is 23.7 Å². The minimum absolute atomic E-state index is 0.101. The molecule has 3 aliphatic heterocycles. The monoisotopic (exact) mass is 840 g/mol. The second-order valence-electron chi connectivity index (χ2n) is 18.1. The number of methoxy groups -OCH3 is 1. The van der Waals surface area contributed by atoms with Crippen LogP contribution in [-0.4, -0.2) is 103 Å². The van der Waals surface area contributed by atoms with E-state index >= 15 is 0 Å². The van der Waals surface area contributed by atoms with Crippen LogP contribution >= 0.6 is 0 Å². The Morgan fingerprint density at radius 2 is 1.26 bits per heavy atom. The lowest BCUT2D eigenvalue weighted by molar-refractivity contribution is -0.138. The molecule has 2 saturated carbocycles. The molecule has 5 heterocycles. The van der Waals surface area contributed by atoms with Crippen LogP contribution in [0, 0.1) is 23.7 Å². The average Bonchev–Trinajstić information content (AvgIpc) is 3.87. The van der Waals surface area contributed by atoms with Crippen molar-refractivity contribution in [3.8, 4) is 33.6 Å². The number of imidazole rings is 2. The van der Waals surface area contributed by atoms with Gasteiger partial charge in [-0.05, 0) is 102 Å². The number of fused-ring (bicyclic) bond motifs is 3. The highest BCUT2D eigenvalue weighted by Crippen LogP contribution is 2.54. The maximum atomic E-state index is 14.1. The zero-order chi connectivity index (χ0) is 42.8. The van der Waals surface area contributed by atoms with E-state index < -0.39 is 24.3 Å². The number of likely N-dealkylation sites (tertiary alicyclic amines) is 2. The summed E-state index contributed by atoms with van der Waals surface area (Å²) in [6.45, 7) is 4.89. The van der Waals surface area contributed by atoms with Crippen molar-refractivity contribution in [2.45, 2.75) is 88.6 Å². The molecule has 2 unspecified atom stereocenters. The second-order valence-corrected chi connectivity index (χ2v) is 18.1. The number of alkyl carbamates (subject to hydrolysis) is 1. The minimum Gasteiger partial charge on any atom is -0.465 e. The fourth-order valence-corrected chi connectivity index (χ4v) is 10.4. The van der Waals surface area contributed by atoms with Gasteiger partial charge in [0.15, 0.2) is 0 Å². The lowest BCUT2D eigenvalue weighted by atomic mass is 9.90. The molecule has 322 valence electrons. The number of carbonyl (C=O) groups excluding carboxylic acids is 3. The maximum Gasteiger partial charge on any atom is 0.407 e. The number of rotatable bonds is 11. The number of hydrogen-bond acceptors (Lipinski definition) is 8. The first kappa shape index (κ1) is 39.9. The number of nitrogens with zero attached hydrogens (tertiary/aromatic N) is 4.